The van der Waals surface area contributed by atoms with Gasteiger partial charge in [0.2, 0.25) is 0 Å². The number of thioether (sulfide) groups is 1. The van der Waals surface area contributed by atoms with Crippen LogP contribution in [-0.2, 0) is 4.79 Å². The van der Waals surface area contributed by atoms with Gasteiger partial charge in [0.05, 0.1) is 11.5 Å². The van der Waals surface area contributed by atoms with E-state index in [0.29, 0.717) is 34.4 Å². The number of carbonyl (C=O) groups is 2. The van der Waals surface area contributed by atoms with Crippen LogP contribution in [0.15, 0.2) is 23.1 Å². The first kappa shape index (κ1) is 15.9. The van der Waals surface area contributed by atoms with Crippen LogP contribution >= 0.6 is 23.4 Å². The van der Waals surface area contributed by atoms with Crippen LogP contribution in [0.25, 0.3) is 6.08 Å². The molecule has 21 heavy (non-hydrogen) atoms. The Hall–Kier alpha value is -1.46. The molecule has 1 saturated heterocycles. The normalized spacial score (nSPS) is 16.9. The summed E-state index contributed by atoms with van der Waals surface area (Å²) in [5.74, 6) is 0.387. The number of hydrogen-bond donors (Lipinski definition) is 0. The Labute approximate surface area is 133 Å². The van der Waals surface area contributed by atoms with Crippen molar-refractivity contribution in [3.8, 4) is 5.75 Å². The van der Waals surface area contributed by atoms with E-state index in [1.807, 2.05) is 13.8 Å². The lowest BCUT2D eigenvalue weighted by Gasteiger charge is -2.10. The first-order chi connectivity index (χ1) is 10.1. The van der Waals surface area contributed by atoms with Gasteiger partial charge in [-0.3, -0.25) is 14.5 Å². The van der Waals surface area contributed by atoms with Gasteiger partial charge in [-0.2, -0.15) is 0 Å². The standard InChI is InChI=1S/C15H16ClNO3S/c1-3-7-17-14(18)13(21-15(17)19)9-10-8-11(16)5-6-12(10)20-4-2/h5-6,8-9H,3-4,7H2,1-2H3/b13-9-. The maximum atomic E-state index is 12.2. The quantitative estimate of drug-likeness (QED) is 0.762. The second-order valence-corrected chi connectivity index (χ2v) is 5.88. The number of rotatable bonds is 5. The largest absolute Gasteiger partial charge is 0.493 e. The van der Waals surface area contributed by atoms with Gasteiger partial charge < -0.3 is 4.74 Å². The summed E-state index contributed by atoms with van der Waals surface area (Å²) in [6.07, 6.45) is 2.41. The molecular weight excluding hydrogens is 310 g/mol. The molecule has 0 radical (unpaired) electrons. The van der Waals surface area contributed by atoms with Crippen LogP contribution in [-0.4, -0.2) is 29.2 Å². The van der Waals surface area contributed by atoms with Gasteiger partial charge in [0.25, 0.3) is 11.1 Å². The smallest absolute Gasteiger partial charge is 0.293 e. The Morgan fingerprint density at radius 2 is 2.10 bits per heavy atom. The minimum Gasteiger partial charge on any atom is -0.493 e. The lowest BCUT2D eigenvalue weighted by molar-refractivity contribution is -0.122. The zero-order chi connectivity index (χ0) is 15.4. The average molecular weight is 326 g/mol. The Balaban J connectivity index is 2.34. The van der Waals surface area contributed by atoms with Crippen molar-refractivity contribution in [1.29, 1.82) is 0 Å². The van der Waals surface area contributed by atoms with Crippen LogP contribution in [0.2, 0.25) is 5.02 Å². The second-order valence-electron chi connectivity index (χ2n) is 4.45. The van der Waals surface area contributed by atoms with E-state index in [1.54, 1.807) is 24.3 Å². The second kappa shape index (κ2) is 7.00. The summed E-state index contributed by atoms with van der Waals surface area (Å²) in [5.41, 5.74) is 0.700. The molecule has 4 nitrogen and oxygen atoms in total. The van der Waals surface area contributed by atoms with Gasteiger partial charge in [-0.1, -0.05) is 18.5 Å². The summed E-state index contributed by atoms with van der Waals surface area (Å²) in [5, 5.41) is 0.325. The van der Waals surface area contributed by atoms with Gasteiger partial charge in [-0.25, -0.2) is 0 Å². The average Bonchev–Trinajstić information content (AvgIpc) is 2.70. The number of imide groups is 1. The highest BCUT2D eigenvalue weighted by molar-refractivity contribution is 8.18. The van der Waals surface area contributed by atoms with E-state index in [9.17, 15) is 9.59 Å². The Morgan fingerprint density at radius 3 is 2.76 bits per heavy atom. The summed E-state index contributed by atoms with van der Waals surface area (Å²) in [6, 6.07) is 5.21. The summed E-state index contributed by atoms with van der Waals surface area (Å²) >= 11 is 6.94. The van der Waals surface area contributed by atoms with Crippen LogP contribution < -0.4 is 4.74 Å². The minimum atomic E-state index is -0.255. The third-order valence-corrected chi connectivity index (χ3v) is 4.02. The lowest BCUT2D eigenvalue weighted by Crippen LogP contribution is -2.28. The van der Waals surface area contributed by atoms with Crippen molar-refractivity contribution in [3.05, 3.63) is 33.7 Å². The number of amides is 2. The van der Waals surface area contributed by atoms with Crippen LogP contribution in [0.1, 0.15) is 25.8 Å². The van der Waals surface area contributed by atoms with Crippen molar-refractivity contribution < 1.29 is 14.3 Å². The lowest BCUT2D eigenvalue weighted by atomic mass is 10.2. The molecule has 1 fully saturated rings. The molecule has 0 saturated carbocycles. The highest BCUT2D eigenvalue weighted by atomic mass is 35.5. The molecule has 0 aliphatic carbocycles. The first-order valence-electron chi connectivity index (χ1n) is 6.74. The van der Waals surface area contributed by atoms with Gasteiger partial charge in [0, 0.05) is 17.1 Å². The highest BCUT2D eigenvalue weighted by Crippen LogP contribution is 2.34. The molecule has 0 aromatic heterocycles. The molecular formula is C15H16ClNO3S. The molecule has 1 heterocycles. The molecule has 0 atom stereocenters. The summed E-state index contributed by atoms with van der Waals surface area (Å²) < 4.78 is 5.52. The van der Waals surface area contributed by atoms with Gasteiger partial charge in [-0.05, 0) is 49.4 Å². The fourth-order valence-corrected chi connectivity index (χ4v) is 3.01. The molecule has 112 valence electrons. The van der Waals surface area contributed by atoms with Crippen molar-refractivity contribution in [2.75, 3.05) is 13.2 Å². The van der Waals surface area contributed by atoms with Crippen molar-refractivity contribution >= 4 is 40.6 Å². The van der Waals surface area contributed by atoms with Gasteiger partial charge in [-0.15, -0.1) is 0 Å². The third-order valence-electron chi connectivity index (χ3n) is 2.88. The Morgan fingerprint density at radius 1 is 1.33 bits per heavy atom. The van der Waals surface area contributed by atoms with E-state index >= 15 is 0 Å². The van der Waals surface area contributed by atoms with Crippen LogP contribution in [0.5, 0.6) is 5.75 Å². The molecule has 1 aromatic rings. The van der Waals surface area contributed by atoms with Gasteiger partial charge >= 0.3 is 0 Å². The van der Waals surface area contributed by atoms with Crippen LogP contribution in [0.4, 0.5) is 4.79 Å². The third kappa shape index (κ3) is 3.60. The number of hydrogen-bond acceptors (Lipinski definition) is 4. The molecule has 1 aliphatic rings. The fraction of sp³-hybridized carbons (Fsp3) is 0.333. The molecule has 2 rings (SSSR count). The van der Waals surface area contributed by atoms with Crippen molar-refractivity contribution in [3.63, 3.8) is 0 Å². The number of carbonyl (C=O) groups excluding carboxylic acids is 2. The highest BCUT2D eigenvalue weighted by Gasteiger charge is 2.34. The SMILES string of the molecule is CCCN1C(=O)S/C(=C\c2cc(Cl)ccc2OCC)C1=O. The monoisotopic (exact) mass is 325 g/mol. The molecule has 0 bridgehead atoms. The zero-order valence-corrected chi connectivity index (χ0v) is 13.5. The Kier molecular flexibility index (Phi) is 5.31. The Bertz CT molecular complexity index is 601. The fourth-order valence-electron chi connectivity index (χ4n) is 1.98. The van der Waals surface area contributed by atoms with Crippen molar-refractivity contribution in [2.24, 2.45) is 0 Å². The van der Waals surface area contributed by atoms with Gasteiger partial charge in [0.15, 0.2) is 0 Å². The summed E-state index contributed by atoms with van der Waals surface area (Å²) in [7, 11) is 0. The van der Waals surface area contributed by atoms with Gasteiger partial charge in [0.1, 0.15) is 5.75 Å². The number of halogens is 1. The van der Waals surface area contributed by atoms with E-state index in [0.717, 1.165) is 18.2 Å². The molecule has 1 aromatic carbocycles. The maximum Gasteiger partial charge on any atom is 0.293 e. The van der Waals surface area contributed by atoms with E-state index < -0.39 is 0 Å². The van der Waals surface area contributed by atoms with Crippen LogP contribution in [0.3, 0.4) is 0 Å². The predicted molar refractivity (Wildman–Crippen MR) is 85.6 cm³/mol. The molecule has 0 spiro atoms. The van der Waals surface area contributed by atoms with E-state index in [4.69, 9.17) is 16.3 Å². The van der Waals surface area contributed by atoms with Crippen LogP contribution in [0, 0.1) is 0 Å². The molecule has 1 aliphatic heterocycles. The molecule has 0 N–H and O–H groups in total. The van der Waals surface area contributed by atoms with E-state index in [-0.39, 0.29) is 11.1 Å². The number of nitrogens with zero attached hydrogens (tertiary/aromatic N) is 1. The topological polar surface area (TPSA) is 46.6 Å². The maximum absolute atomic E-state index is 12.2. The molecule has 2 amide bonds. The van der Waals surface area contributed by atoms with Crippen molar-refractivity contribution in [1.82, 2.24) is 4.90 Å². The molecule has 0 unspecified atom stereocenters. The summed E-state index contributed by atoms with van der Waals surface area (Å²) in [6.45, 7) is 4.76. The van der Waals surface area contributed by atoms with E-state index in [2.05, 4.69) is 0 Å². The minimum absolute atomic E-state index is 0.229. The van der Waals surface area contributed by atoms with Crippen molar-refractivity contribution in [2.45, 2.75) is 20.3 Å². The zero-order valence-electron chi connectivity index (χ0n) is 11.9. The van der Waals surface area contributed by atoms with E-state index in [1.165, 1.54) is 4.90 Å². The number of ether oxygens (including phenoxy) is 1. The first-order valence-corrected chi connectivity index (χ1v) is 7.94. The molecule has 6 heteroatoms. The number of benzene rings is 1. The predicted octanol–water partition coefficient (Wildman–Crippen LogP) is 4.19. The summed E-state index contributed by atoms with van der Waals surface area (Å²) in [4.78, 5) is 25.7.